The zero-order valence-corrected chi connectivity index (χ0v) is 19.4. The number of nitrogens with zero attached hydrogens (tertiary/aromatic N) is 3. The summed E-state index contributed by atoms with van der Waals surface area (Å²) < 4.78 is 30.6. The standard InChI is InChI=1S/C25H33N3O3S/c29-32(30,24-5-6-24)23-3-1-19(2-4-23)16-31-17-22-13-25(22)21-8-11-28(12-9-21)10-7-20-14-26-18-27-15-20/h1-4,14-15,18,21-22,24-25H,5-13,16-17H2/t22-,25+/m0/s1. The molecule has 3 fully saturated rings. The molecule has 32 heavy (non-hydrogen) atoms. The fourth-order valence-corrected chi connectivity index (χ4v) is 6.72. The summed E-state index contributed by atoms with van der Waals surface area (Å²) in [5.74, 6) is 2.36. The molecule has 0 bridgehead atoms. The predicted octanol–water partition coefficient (Wildman–Crippen LogP) is 3.52. The molecule has 7 heteroatoms. The first kappa shape index (κ1) is 22.0. The maximum atomic E-state index is 12.3. The fraction of sp³-hybridized carbons (Fsp3) is 0.600. The van der Waals surface area contributed by atoms with Crippen LogP contribution in [-0.2, 0) is 27.6 Å². The van der Waals surface area contributed by atoms with E-state index in [4.69, 9.17) is 4.74 Å². The van der Waals surface area contributed by atoms with E-state index in [0.29, 0.717) is 17.4 Å². The van der Waals surface area contributed by atoms with E-state index in [1.165, 1.54) is 37.9 Å². The summed E-state index contributed by atoms with van der Waals surface area (Å²) in [7, 11) is -3.10. The van der Waals surface area contributed by atoms with Gasteiger partial charge in [-0.3, -0.25) is 0 Å². The number of aromatic nitrogens is 2. The molecule has 1 aliphatic heterocycles. The molecule has 0 spiro atoms. The molecule has 2 aromatic rings. The number of hydrogen-bond acceptors (Lipinski definition) is 6. The molecule has 1 aromatic carbocycles. The Morgan fingerprint density at radius 1 is 0.969 bits per heavy atom. The minimum atomic E-state index is -3.10. The third-order valence-corrected chi connectivity index (χ3v) is 9.64. The summed E-state index contributed by atoms with van der Waals surface area (Å²) in [6.07, 6.45) is 11.9. The van der Waals surface area contributed by atoms with Crippen molar-refractivity contribution in [3.05, 3.63) is 54.1 Å². The number of piperidine rings is 1. The quantitative estimate of drug-likeness (QED) is 0.546. The van der Waals surface area contributed by atoms with E-state index >= 15 is 0 Å². The lowest BCUT2D eigenvalue weighted by molar-refractivity contribution is 0.0997. The van der Waals surface area contributed by atoms with E-state index in [0.717, 1.165) is 49.8 Å². The molecule has 0 amide bonds. The van der Waals surface area contributed by atoms with E-state index in [1.54, 1.807) is 18.5 Å². The van der Waals surface area contributed by atoms with Gasteiger partial charge in [-0.05, 0) is 92.6 Å². The van der Waals surface area contributed by atoms with Gasteiger partial charge >= 0.3 is 0 Å². The minimum absolute atomic E-state index is 0.151. The second-order valence-electron chi connectivity index (χ2n) is 9.74. The largest absolute Gasteiger partial charge is 0.376 e. The Kier molecular flexibility index (Phi) is 6.58. The van der Waals surface area contributed by atoms with E-state index in [9.17, 15) is 8.42 Å². The highest BCUT2D eigenvalue weighted by Gasteiger charge is 2.43. The number of rotatable bonds is 10. The van der Waals surface area contributed by atoms with Crippen molar-refractivity contribution in [2.75, 3.05) is 26.2 Å². The van der Waals surface area contributed by atoms with Gasteiger partial charge in [0.25, 0.3) is 0 Å². The Morgan fingerprint density at radius 3 is 2.38 bits per heavy atom. The van der Waals surface area contributed by atoms with E-state index in [-0.39, 0.29) is 5.25 Å². The van der Waals surface area contributed by atoms with Gasteiger partial charge < -0.3 is 9.64 Å². The SMILES string of the molecule is O=S(=O)(c1ccc(COC[C@@H]2C[C@@H]2C2CCN(CCc3cncnc3)CC2)cc1)C1CC1. The van der Waals surface area contributed by atoms with Gasteiger partial charge in [0.15, 0.2) is 9.84 Å². The third-order valence-electron chi connectivity index (χ3n) is 7.36. The van der Waals surface area contributed by atoms with Crippen LogP contribution in [0.25, 0.3) is 0 Å². The molecule has 5 rings (SSSR count). The van der Waals surface area contributed by atoms with Crippen molar-refractivity contribution < 1.29 is 13.2 Å². The van der Waals surface area contributed by atoms with Gasteiger partial charge in [-0.15, -0.1) is 0 Å². The van der Waals surface area contributed by atoms with Crippen molar-refractivity contribution in [1.82, 2.24) is 14.9 Å². The summed E-state index contributed by atoms with van der Waals surface area (Å²) in [4.78, 5) is 11.2. The van der Waals surface area contributed by atoms with Crippen LogP contribution in [-0.4, -0.2) is 54.8 Å². The van der Waals surface area contributed by atoms with Gasteiger partial charge in [-0.25, -0.2) is 18.4 Å². The highest BCUT2D eigenvalue weighted by molar-refractivity contribution is 7.92. The molecule has 0 unspecified atom stereocenters. The van der Waals surface area contributed by atoms with Crippen LogP contribution in [0.15, 0.2) is 47.9 Å². The average Bonchev–Trinajstić information content (AvgIpc) is 3.74. The first-order chi connectivity index (χ1) is 15.6. The number of hydrogen-bond donors (Lipinski definition) is 0. The van der Waals surface area contributed by atoms with Gasteiger partial charge in [-0.1, -0.05) is 12.1 Å². The molecular weight excluding hydrogens is 422 g/mol. The van der Waals surface area contributed by atoms with E-state index in [1.807, 2.05) is 24.5 Å². The first-order valence-electron chi connectivity index (χ1n) is 12.0. The monoisotopic (exact) mass is 455 g/mol. The Bertz CT molecular complexity index is 985. The maximum Gasteiger partial charge on any atom is 0.181 e. The summed E-state index contributed by atoms with van der Waals surface area (Å²) in [5.41, 5.74) is 2.27. The molecule has 2 saturated carbocycles. The highest BCUT2D eigenvalue weighted by atomic mass is 32.2. The van der Waals surface area contributed by atoms with Crippen LogP contribution in [0.4, 0.5) is 0 Å². The van der Waals surface area contributed by atoms with Crippen molar-refractivity contribution in [3.63, 3.8) is 0 Å². The molecule has 6 nitrogen and oxygen atoms in total. The zero-order chi connectivity index (χ0) is 22.0. The van der Waals surface area contributed by atoms with Crippen molar-refractivity contribution >= 4 is 9.84 Å². The van der Waals surface area contributed by atoms with Crippen LogP contribution in [0.2, 0.25) is 0 Å². The molecule has 2 heterocycles. The van der Waals surface area contributed by atoms with Gasteiger partial charge in [0.05, 0.1) is 23.4 Å². The van der Waals surface area contributed by atoms with Crippen LogP contribution in [0, 0.1) is 17.8 Å². The molecule has 3 aliphatic rings. The molecular formula is C25H33N3O3S. The van der Waals surface area contributed by atoms with Crippen molar-refractivity contribution in [2.24, 2.45) is 17.8 Å². The molecule has 0 radical (unpaired) electrons. The van der Waals surface area contributed by atoms with Gasteiger partial charge in [0, 0.05) is 18.9 Å². The fourth-order valence-electron chi connectivity index (χ4n) is 5.07. The molecule has 0 N–H and O–H groups in total. The Labute approximate surface area is 191 Å². The van der Waals surface area contributed by atoms with Crippen molar-refractivity contribution in [1.29, 1.82) is 0 Å². The summed E-state index contributed by atoms with van der Waals surface area (Å²) in [5, 5.41) is -0.151. The summed E-state index contributed by atoms with van der Waals surface area (Å²) in [6, 6.07) is 7.28. The van der Waals surface area contributed by atoms with Crippen LogP contribution in [0.3, 0.4) is 0 Å². The van der Waals surface area contributed by atoms with Crippen LogP contribution in [0.1, 0.15) is 43.2 Å². The van der Waals surface area contributed by atoms with Gasteiger partial charge in [0.1, 0.15) is 6.33 Å². The second kappa shape index (κ2) is 9.57. The summed E-state index contributed by atoms with van der Waals surface area (Å²) >= 11 is 0. The predicted molar refractivity (Wildman–Crippen MR) is 123 cm³/mol. The van der Waals surface area contributed by atoms with Crippen molar-refractivity contribution in [2.45, 2.75) is 55.3 Å². The molecule has 2 aliphatic carbocycles. The van der Waals surface area contributed by atoms with Crippen LogP contribution in [0.5, 0.6) is 0 Å². The smallest absolute Gasteiger partial charge is 0.181 e. The molecule has 1 aromatic heterocycles. The number of ether oxygens (including phenoxy) is 1. The Hall–Kier alpha value is -1.83. The zero-order valence-electron chi connectivity index (χ0n) is 18.6. The Morgan fingerprint density at radius 2 is 1.69 bits per heavy atom. The highest BCUT2D eigenvalue weighted by Crippen LogP contribution is 2.48. The first-order valence-corrected chi connectivity index (χ1v) is 13.5. The van der Waals surface area contributed by atoms with Crippen LogP contribution < -0.4 is 0 Å². The topological polar surface area (TPSA) is 72.4 Å². The maximum absolute atomic E-state index is 12.3. The lowest BCUT2D eigenvalue weighted by Crippen LogP contribution is -2.36. The van der Waals surface area contributed by atoms with Crippen molar-refractivity contribution in [3.8, 4) is 0 Å². The second-order valence-corrected chi connectivity index (χ2v) is 12.0. The van der Waals surface area contributed by atoms with Gasteiger partial charge in [-0.2, -0.15) is 0 Å². The lowest BCUT2D eigenvalue weighted by atomic mass is 9.91. The normalized spacial score (nSPS) is 24.5. The van der Waals surface area contributed by atoms with E-state index < -0.39 is 9.84 Å². The molecule has 2 atom stereocenters. The number of likely N-dealkylation sites (tertiary alicyclic amines) is 1. The van der Waals surface area contributed by atoms with Gasteiger partial charge in [0.2, 0.25) is 0 Å². The minimum Gasteiger partial charge on any atom is -0.376 e. The van der Waals surface area contributed by atoms with E-state index in [2.05, 4.69) is 14.9 Å². The molecule has 172 valence electrons. The lowest BCUT2D eigenvalue weighted by Gasteiger charge is -2.32. The molecule has 1 saturated heterocycles. The third kappa shape index (κ3) is 5.38. The summed E-state index contributed by atoms with van der Waals surface area (Å²) in [6.45, 7) is 4.87. The Balaban J connectivity index is 0.988. The number of sulfone groups is 1. The van der Waals surface area contributed by atoms with Crippen LogP contribution >= 0.6 is 0 Å². The average molecular weight is 456 g/mol. The number of benzene rings is 1.